The van der Waals surface area contributed by atoms with Crippen LogP contribution in [0.2, 0.25) is 0 Å². The van der Waals surface area contributed by atoms with E-state index in [1.165, 1.54) is 5.69 Å². The van der Waals surface area contributed by atoms with Crippen molar-refractivity contribution in [2.45, 2.75) is 39.7 Å². The largest absolute Gasteiger partial charge is 0.372 e. The van der Waals surface area contributed by atoms with Crippen LogP contribution in [0.4, 0.5) is 5.69 Å². The summed E-state index contributed by atoms with van der Waals surface area (Å²) >= 11 is 0. The van der Waals surface area contributed by atoms with Crippen LogP contribution in [0, 0.1) is 0 Å². The van der Waals surface area contributed by atoms with Crippen molar-refractivity contribution >= 4 is 11.5 Å². The maximum absolute atomic E-state index is 11.2. The predicted octanol–water partition coefficient (Wildman–Crippen LogP) is 3.51. The van der Waals surface area contributed by atoms with Gasteiger partial charge in [0.15, 0.2) is 5.78 Å². The van der Waals surface area contributed by atoms with Crippen molar-refractivity contribution in [2.75, 3.05) is 11.9 Å². The monoisotopic (exact) mass is 219 g/mol. The van der Waals surface area contributed by atoms with Gasteiger partial charge in [-0.2, -0.15) is 0 Å². The Morgan fingerprint density at radius 1 is 1.19 bits per heavy atom. The molecule has 0 saturated carbocycles. The minimum Gasteiger partial charge on any atom is -0.372 e. The number of benzene rings is 1. The second-order valence-corrected chi connectivity index (χ2v) is 4.18. The molecule has 0 N–H and O–H groups in total. The van der Waals surface area contributed by atoms with Gasteiger partial charge in [-0.15, -0.1) is 0 Å². The molecule has 0 atom stereocenters. The molecule has 2 nitrogen and oxygen atoms in total. The highest BCUT2D eigenvalue weighted by Gasteiger charge is 2.11. The van der Waals surface area contributed by atoms with Crippen molar-refractivity contribution in [3.05, 3.63) is 29.8 Å². The van der Waals surface area contributed by atoms with Crippen LogP contribution >= 0.6 is 0 Å². The van der Waals surface area contributed by atoms with E-state index in [2.05, 4.69) is 25.8 Å². The van der Waals surface area contributed by atoms with Crippen LogP contribution in [0.25, 0.3) is 0 Å². The van der Waals surface area contributed by atoms with E-state index in [0.717, 1.165) is 18.4 Å². The van der Waals surface area contributed by atoms with Gasteiger partial charge >= 0.3 is 0 Å². The number of Topliss-reactive ketones (excluding diaryl/α,β-unsaturated/α-hetero) is 1. The number of rotatable bonds is 5. The molecular formula is C14H21NO. The molecule has 0 aliphatic rings. The fraction of sp³-hybridized carbons (Fsp3) is 0.500. The quantitative estimate of drug-likeness (QED) is 0.706. The molecule has 2 heteroatoms. The molecule has 0 unspecified atom stereocenters. The summed E-state index contributed by atoms with van der Waals surface area (Å²) in [7, 11) is 2.11. The Bertz CT molecular complexity index is 338. The molecule has 0 aliphatic heterocycles. The van der Waals surface area contributed by atoms with Crippen molar-refractivity contribution in [1.82, 2.24) is 0 Å². The molecule has 16 heavy (non-hydrogen) atoms. The molecule has 0 bridgehead atoms. The van der Waals surface area contributed by atoms with E-state index in [1.54, 1.807) is 6.92 Å². The van der Waals surface area contributed by atoms with Gasteiger partial charge in [-0.05, 0) is 44.0 Å². The Hall–Kier alpha value is -1.31. The van der Waals surface area contributed by atoms with Crippen LogP contribution in [0.5, 0.6) is 0 Å². The first-order chi connectivity index (χ1) is 7.60. The van der Waals surface area contributed by atoms with Crippen molar-refractivity contribution < 1.29 is 4.79 Å². The van der Waals surface area contributed by atoms with Crippen molar-refractivity contribution in [2.24, 2.45) is 0 Å². The van der Waals surface area contributed by atoms with Gasteiger partial charge in [0.1, 0.15) is 0 Å². The van der Waals surface area contributed by atoms with Crippen LogP contribution in [0.15, 0.2) is 24.3 Å². The summed E-state index contributed by atoms with van der Waals surface area (Å²) in [5, 5.41) is 0. The lowest BCUT2D eigenvalue weighted by molar-refractivity contribution is 0.101. The number of carbonyl (C=O) groups excluding carboxylic acids is 1. The summed E-state index contributed by atoms with van der Waals surface area (Å²) in [6.45, 7) is 6.00. The Labute approximate surface area is 98.3 Å². The lowest BCUT2D eigenvalue weighted by atomic mass is 10.1. The highest BCUT2D eigenvalue weighted by molar-refractivity contribution is 5.94. The second-order valence-electron chi connectivity index (χ2n) is 4.18. The molecule has 0 fully saturated rings. The first-order valence-corrected chi connectivity index (χ1v) is 5.94. The third kappa shape index (κ3) is 2.84. The molecule has 1 rings (SSSR count). The van der Waals surface area contributed by atoms with Gasteiger partial charge in [0.2, 0.25) is 0 Å². The average Bonchev–Trinajstić information content (AvgIpc) is 2.30. The first kappa shape index (κ1) is 12.8. The van der Waals surface area contributed by atoms with Crippen molar-refractivity contribution in [3.8, 4) is 0 Å². The van der Waals surface area contributed by atoms with E-state index in [4.69, 9.17) is 0 Å². The maximum atomic E-state index is 11.2. The van der Waals surface area contributed by atoms with E-state index in [-0.39, 0.29) is 5.78 Å². The minimum absolute atomic E-state index is 0.122. The first-order valence-electron chi connectivity index (χ1n) is 5.94. The number of carbonyl (C=O) groups is 1. The smallest absolute Gasteiger partial charge is 0.159 e. The summed E-state index contributed by atoms with van der Waals surface area (Å²) in [5.41, 5.74) is 1.96. The molecule has 0 spiro atoms. The highest BCUT2D eigenvalue weighted by Crippen LogP contribution is 2.19. The molecule has 0 aromatic heterocycles. The van der Waals surface area contributed by atoms with E-state index in [1.807, 2.05) is 24.3 Å². The number of hydrogen-bond donors (Lipinski definition) is 0. The highest BCUT2D eigenvalue weighted by atomic mass is 16.1. The van der Waals surface area contributed by atoms with Crippen LogP contribution in [0.1, 0.15) is 44.0 Å². The Morgan fingerprint density at radius 3 is 2.06 bits per heavy atom. The van der Waals surface area contributed by atoms with E-state index >= 15 is 0 Å². The van der Waals surface area contributed by atoms with Crippen LogP contribution in [0.3, 0.4) is 0 Å². The summed E-state index contributed by atoms with van der Waals surface area (Å²) in [5.74, 6) is 0.122. The molecule has 0 saturated heterocycles. The van der Waals surface area contributed by atoms with Gasteiger partial charge in [-0.3, -0.25) is 4.79 Å². The van der Waals surface area contributed by atoms with Crippen molar-refractivity contribution in [1.29, 1.82) is 0 Å². The van der Waals surface area contributed by atoms with E-state index in [0.29, 0.717) is 6.04 Å². The maximum Gasteiger partial charge on any atom is 0.159 e. The van der Waals surface area contributed by atoms with Gasteiger partial charge in [-0.25, -0.2) is 0 Å². The van der Waals surface area contributed by atoms with Crippen LogP contribution < -0.4 is 4.90 Å². The van der Waals surface area contributed by atoms with Gasteiger partial charge < -0.3 is 4.90 Å². The molecule has 1 aromatic carbocycles. The zero-order valence-electron chi connectivity index (χ0n) is 10.7. The molecule has 0 amide bonds. The van der Waals surface area contributed by atoms with Crippen LogP contribution in [-0.2, 0) is 0 Å². The van der Waals surface area contributed by atoms with Gasteiger partial charge in [0.25, 0.3) is 0 Å². The standard InChI is InChI=1S/C14H21NO/c1-5-13(6-2)15(4)14-9-7-12(8-10-14)11(3)16/h7-10,13H,5-6H2,1-4H3. The second kappa shape index (κ2) is 5.69. The lowest BCUT2D eigenvalue weighted by Gasteiger charge is -2.28. The molecular weight excluding hydrogens is 198 g/mol. The van der Waals surface area contributed by atoms with Crippen molar-refractivity contribution in [3.63, 3.8) is 0 Å². The summed E-state index contributed by atoms with van der Waals surface area (Å²) in [6.07, 6.45) is 2.28. The summed E-state index contributed by atoms with van der Waals surface area (Å²) in [4.78, 5) is 13.4. The Balaban J connectivity index is 2.84. The minimum atomic E-state index is 0.122. The van der Waals surface area contributed by atoms with Gasteiger partial charge in [0.05, 0.1) is 0 Å². The van der Waals surface area contributed by atoms with Crippen LogP contribution in [-0.4, -0.2) is 18.9 Å². The molecule has 88 valence electrons. The third-order valence-electron chi connectivity index (χ3n) is 3.17. The summed E-state index contributed by atoms with van der Waals surface area (Å²) in [6, 6.07) is 8.42. The topological polar surface area (TPSA) is 20.3 Å². The summed E-state index contributed by atoms with van der Waals surface area (Å²) < 4.78 is 0. The molecule has 0 radical (unpaired) electrons. The third-order valence-corrected chi connectivity index (χ3v) is 3.17. The van der Waals surface area contributed by atoms with Gasteiger partial charge in [0, 0.05) is 24.3 Å². The van der Waals surface area contributed by atoms with E-state index < -0.39 is 0 Å². The lowest BCUT2D eigenvalue weighted by Crippen LogP contribution is -2.30. The number of anilines is 1. The fourth-order valence-electron chi connectivity index (χ4n) is 1.98. The molecule has 0 aliphatic carbocycles. The number of nitrogens with zero attached hydrogens (tertiary/aromatic N) is 1. The normalized spacial score (nSPS) is 10.6. The van der Waals surface area contributed by atoms with Gasteiger partial charge in [-0.1, -0.05) is 13.8 Å². The molecule has 1 aromatic rings. The average molecular weight is 219 g/mol. The fourth-order valence-corrected chi connectivity index (χ4v) is 1.98. The van der Waals surface area contributed by atoms with E-state index in [9.17, 15) is 4.79 Å². The SMILES string of the molecule is CCC(CC)N(C)c1ccc(C(C)=O)cc1. The number of ketones is 1. The number of hydrogen-bond acceptors (Lipinski definition) is 2. The Kier molecular flexibility index (Phi) is 4.53. The molecule has 0 heterocycles. The zero-order chi connectivity index (χ0) is 12.1. The Morgan fingerprint density at radius 2 is 1.69 bits per heavy atom. The predicted molar refractivity (Wildman–Crippen MR) is 69.2 cm³/mol. The zero-order valence-corrected chi connectivity index (χ0v) is 10.7.